The molecule has 0 radical (unpaired) electrons. The van der Waals surface area contributed by atoms with E-state index in [-0.39, 0.29) is 11.2 Å². The van der Waals surface area contributed by atoms with Gasteiger partial charge in [-0.1, -0.05) is 34.1 Å². The molecule has 0 amide bonds. The van der Waals surface area contributed by atoms with Crippen molar-refractivity contribution < 1.29 is 8.42 Å². The van der Waals surface area contributed by atoms with Crippen molar-refractivity contribution in [2.75, 3.05) is 25.4 Å². The van der Waals surface area contributed by atoms with Gasteiger partial charge in [0.15, 0.2) is 0 Å². The molecule has 1 heterocycles. The minimum absolute atomic E-state index is 0.0635. The largest absolute Gasteiger partial charge is 0.313 e. The van der Waals surface area contributed by atoms with Gasteiger partial charge < -0.3 is 5.32 Å². The summed E-state index contributed by atoms with van der Waals surface area (Å²) < 4.78 is 26.8. The summed E-state index contributed by atoms with van der Waals surface area (Å²) in [4.78, 5) is 0. The topological polar surface area (TPSA) is 49.4 Å². The van der Waals surface area contributed by atoms with Crippen LogP contribution in [-0.2, 0) is 10.0 Å². The maximum atomic E-state index is 12.5. The molecule has 0 aromatic carbocycles. The molecule has 120 valence electrons. The number of hydrogen-bond donors (Lipinski definition) is 1. The van der Waals surface area contributed by atoms with Gasteiger partial charge in [-0.3, -0.25) is 0 Å². The Kier molecular flexibility index (Phi) is 6.95. The van der Waals surface area contributed by atoms with Gasteiger partial charge in [0.25, 0.3) is 0 Å². The van der Waals surface area contributed by atoms with E-state index in [9.17, 15) is 8.42 Å². The molecule has 0 aliphatic carbocycles. The molecule has 0 aromatic heterocycles. The third-order valence-electron chi connectivity index (χ3n) is 3.81. The number of nitrogens with one attached hydrogen (secondary N) is 1. The van der Waals surface area contributed by atoms with Crippen LogP contribution in [0.25, 0.3) is 0 Å². The highest BCUT2D eigenvalue weighted by Crippen LogP contribution is 2.21. The van der Waals surface area contributed by atoms with Crippen molar-refractivity contribution in [3.8, 4) is 0 Å². The fraction of sp³-hybridized carbons (Fsp3) is 1.00. The van der Waals surface area contributed by atoms with Crippen LogP contribution >= 0.6 is 0 Å². The lowest BCUT2D eigenvalue weighted by Gasteiger charge is -2.30. The van der Waals surface area contributed by atoms with E-state index in [1.165, 1.54) is 12.8 Å². The SMILES string of the molecule is CCCN(CC1CCCCN1)S(=O)(=O)CCC(C)(C)C. The molecule has 0 saturated carbocycles. The maximum Gasteiger partial charge on any atom is 0.214 e. The second kappa shape index (κ2) is 7.76. The van der Waals surface area contributed by atoms with E-state index < -0.39 is 10.0 Å². The van der Waals surface area contributed by atoms with Gasteiger partial charge >= 0.3 is 0 Å². The van der Waals surface area contributed by atoms with E-state index in [0.29, 0.717) is 25.6 Å². The number of sulfonamides is 1. The fourth-order valence-electron chi connectivity index (χ4n) is 2.48. The van der Waals surface area contributed by atoms with Gasteiger partial charge in [0.1, 0.15) is 0 Å². The molecular weight excluding hydrogens is 272 g/mol. The Labute approximate surface area is 125 Å². The summed E-state index contributed by atoms with van der Waals surface area (Å²) in [5.41, 5.74) is 0.0635. The van der Waals surface area contributed by atoms with Crippen molar-refractivity contribution in [1.29, 1.82) is 0 Å². The summed E-state index contributed by atoms with van der Waals surface area (Å²) in [6.45, 7) is 10.6. The molecular formula is C15H32N2O2S. The first kappa shape index (κ1) is 17.9. The van der Waals surface area contributed by atoms with Crippen LogP contribution in [0.5, 0.6) is 0 Å². The molecule has 1 unspecified atom stereocenters. The minimum Gasteiger partial charge on any atom is -0.313 e. The van der Waals surface area contributed by atoms with Gasteiger partial charge in [-0.2, -0.15) is 0 Å². The standard InChI is InChI=1S/C15H32N2O2S/c1-5-11-17(13-14-8-6-7-10-16-14)20(18,19)12-9-15(2,3)4/h14,16H,5-13H2,1-4H3. The fourth-order valence-corrected chi connectivity index (χ4v) is 4.48. The summed E-state index contributed by atoms with van der Waals surface area (Å²) in [7, 11) is -3.12. The van der Waals surface area contributed by atoms with Crippen LogP contribution < -0.4 is 5.32 Å². The van der Waals surface area contributed by atoms with E-state index in [0.717, 1.165) is 19.4 Å². The Bertz CT molecular complexity index is 368. The molecule has 0 bridgehead atoms. The van der Waals surface area contributed by atoms with Crippen LogP contribution in [0, 0.1) is 5.41 Å². The van der Waals surface area contributed by atoms with E-state index in [2.05, 4.69) is 26.1 Å². The Balaban J connectivity index is 2.62. The Morgan fingerprint density at radius 2 is 1.95 bits per heavy atom. The van der Waals surface area contributed by atoms with Crippen molar-refractivity contribution >= 4 is 10.0 Å². The maximum absolute atomic E-state index is 12.5. The number of hydrogen-bond acceptors (Lipinski definition) is 3. The number of rotatable bonds is 7. The van der Waals surface area contributed by atoms with Gasteiger partial charge in [0, 0.05) is 19.1 Å². The zero-order valence-electron chi connectivity index (χ0n) is 13.6. The molecule has 1 fully saturated rings. The van der Waals surface area contributed by atoms with Gasteiger partial charge in [-0.25, -0.2) is 12.7 Å². The second-order valence-electron chi connectivity index (χ2n) is 7.13. The molecule has 1 aliphatic heterocycles. The summed E-state index contributed by atoms with van der Waals surface area (Å²) in [6.07, 6.45) is 5.10. The summed E-state index contributed by atoms with van der Waals surface area (Å²) in [6, 6.07) is 0.333. The van der Waals surface area contributed by atoms with E-state index in [1.54, 1.807) is 4.31 Å². The Morgan fingerprint density at radius 1 is 1.25 bits per heavy atom. The van der Waals surface area contributed by atoms with Gasteiger partial charge in [0.05, 0.1) is 5.75 Å². The lowest BCUT2D eigenvalue weighted by molar-refractivity contribution is 0.309. The lowest BCUT2D eigenvalue weighted by atomic mass is 9.94. The summed E-state index contributed by atoms with van der Waals surface area (Å²) in [5, 5.41) is 3.45. The zero-order chi connectivity index (χ0) is 15.2. The third kappa shape index (κ3) is 6.55. The number of nitrogens with zero attached hydrogens (tertiary/aromatic N) is 1. The first-order valence-electron chi connectivity index (χ1n) is 7.96. The molecule has 0 spiro atoms. The molecule has 1 aliphatic rings. The molecule has 1 atom stereocenters. The Hall–Kier alpha value is -0.130. The molecule has 4 nitrogen and oxygen atoms in total. The zero-order valence-corrected chi connectivity index (χ0v) is 14.4. The molecule has 1 N–H and O–H groups in total. The van der Waals surface area contributed by atoms with Crippen LogP contribution in [0.1, 0.15) is 59.8 Å². The van der Waals surface area contributed by atoms with E-state index in [1.807, 2.05) is 6.92 Å². The molecule has 0 aromatic rings. The second-order valence-corrected chi connectivity index (χ2v) is 9.22. The average molecular weight is 305 g/mol. The average Bonchev–Trinajstić information content (AvgIpc) is 2.37. The molecule has 5 heteroatoms. The molecule has 1 saturated heterocycles. The first-order chi connectivity index (χ1) is 9.24. The third-order valence-corrected chi connectivity index (χ3v) is 5.65. The van der Waals surface area contributed by atoms with Crippen molar-refractivity contribution in [2.45, 2.75) is 65.8 Å². The highest BCUT2D eigenvalue weighted by molar-refractivity contribution is 7.89. The highest BCUT2D eigenvalue weighted by atomic mass is 32.2. The Morgan fingerprint density at radius 3 is 2.45 bits per heavy atom. The minimum atomic E-state index is -3.12. The highest BCUT2D eigenvalue weighted by Gasteiger charge is 2.26. The predicted octanol–water partition coefficient (Wildman–Crippen LogP) is 2.61. The van der Waals surface area contributed by atoms with E-state index >= 15 is 0 Å². The van der Waals surface area contributed by atoms with Crippen LogP contribution in [0.4, 0.5) is 0 Å². The van der Waals surface area contributed by atoms with Crippen LogP contribution in [0.2, 0.25) is 0 Å². The van der Waals surface area contributed by atoms with Crippen molar-refractivity contribution in [3.05, 3.63) is 0 Å². The molecule has 20 heavy (non-hydrogen) atoms. The quantitative estimate of drug-likeness (QED) is 0.786. The van der Waals surface area contributed by atoms with Gasteiger partial charge in [-0.05, 0) is 37.6 Å². The lowest BCUT2D eigenvalue weighted by Crippen LogP contribution is -2.46. The van der Waals surface area contributed by atoms with E-state index in [4.69, 9.17) is 0 Å². The summed E-state index contributed by atoms with van der Waals surface area (Å²) >= 11 is 0. The van der Waals surface area contributed by atoms with Crippen LogP contribution in [0.3, 0.4) is 0 Å². The normalized spacial score (nSPS) is 21.4. The monoisotopic (exact) mass is 304 g/mol. The summed E-state index contributed by atoms with van der Waals surface area (Å²) in [5.74, 6) is 0.267. The van der Waals surface area contributed by atoms with Crippen molar-refractivity contribution in [1.82, 2.24) is 9.62 Å². The predicted molar refractivity (Wildman–Crippen MR) is 85.4 cm³/mol. The molecule has 1 rings (SSSR count). The van der Waals surface area contributed by atoms with Gasteiger partial charge in [-0.15, -0.1) is 0 Å². The first-order valence-corrected chi connectivity index (χ1v) is 9.57. The van der Waals surface area contributed by atoms with Crippen molar-refractivity contribution in [3.63, 3.8) is 0 Å². The number of piperidine rings is 1. The van der Waals surface area contributed by atoms with Crippen molar-refractivity contribution in [2.24, 2.45) is 5.41 Å². The smallest absolute Gasteiger partial charge is 0.214 e. The van der Waals surface area contributed by atoms with Crippen LogP contribution in [0.15, 0.2) is 0 Å². The van der Waals surface area contributed by atoms with Gasteiger partial charge in [0.2, 0.25) is 10.0 Å². The van der Waals surface area contributed by atoms with Crippen LogP contribution in [-0.4, -0.2) is 44.2 Å².